The number of rotatable bonds is 23. The zero-order valence-corrected chi connectivity index (χ0v) is 77.5. The minimum absolute atomic E-state index is 0.121. The van der Waals surface area contributed by atoms with Gasteiger partial charge in [0.2, 0.25) is 11.8 Å². The van der Waals surface area contributed by atoms with Crippen molar-refractivity contribution < 1.29 is 92.7 Å². The Kier molecular flexibility index (Phi) is 29.7. The lowest BCUT2D eigenvalue weighted by Crippen LogP contribution is -2.41. The van der Waals surface area contributed by atoms with Crippen molar-refractivity contribution >= 4 is 148 Å². The van der Waals surface area contributed by atoms with Crippen molar-refractivity contribution in [1.29, 1.82) is 0 Å². The first-order valence-corrected chi connectivity index (χ1v) is 54.1. The molecule has 2 N–H and O–H groups in total. The Labute approximate surface area is 717 Å². The maximum Gasteiger partial charge on any atom is 0.497 e. The Bertz CT molecular complexity index is 5600. The first-order chi connectivity index (χ1) is 55.6. The second-order valence-corrected chi connectivity index (χ2v) is 54.1. The summed E-state index contributed by atoms with van der Waals surface area (Å²) >= 11 is 22.5. The second-order valence-electron chi connectivity index (χ2n) is 33.1. The van der Waals surface area contributed by atoms with Gasteiger partial charge >= 0.3 is 19.1 Å². The maximum atomic E-state index is 15.2. The van der Waals surface area contributed by atoms with Gasteiger partial charge in [0.1, 0.15) is 83.7 Å². The van der Waals surface area contributed by atoms with E-state index in [1.165, 1.54) is 76.0 Å². The van der Waals surface area contributed by atoms with Crippen molar-refractivity contribution in [3.63, 3.8) is 0 Å². The molecule has 14 rings (SSSR count). The van der Waals surface area contributed by atoms with Gasteiger partial charge < -0.3 is 66.9 Å². The Morgan fingerprint density at radius 3 is 1.35 bits per heavy atom. The van der Waals surface area contributed by atoms with Gasteiger partial charge in [-0.2, -0.15) is 23.1 Å². The Morgan fingerprint density at radius 1 is 0.529 bits per heavy atom. The number of imidazole rings is 2. The Morgan fingerprint density at radius 2 is 0.933 bits per heavy atom. The van der Waals surface area contributed by atoms with Gasteiger partial charge in [-0.15, -0.1) is 0 Å². The van der Waals surface area contributed by atoms with Crippen molar-refractivity contribution in [2.45, 2.75) is 153 Å². The average molecular weight is 1870 g/mol. The third-order valence-corrected chi connectivity index (χ3v) is 26.2. The summed E-state index contributed by atoms with van der Waals surface area (Å²) in [7, 11) is -7.39. The molecule has 0 radical (unpaired) electrons. The van der Waals surface area contributed by atoms with Crippen LogP contribution in [0.5, 0.6) is 23.8 Å². The predicted octanol–water partition coefficient (Wildman–Crippen LogP) is 15.0. The van der Waals surface area contributed by atoms with Crippen LogP contribution in [0.2, 0.25) is 66.6 Å². The zero-order chi connectivity index (χ0) is 86.8. The lowest BCUT2D eigenvalue weighted by molar-refractivity contribution is 0.00332. The fourth-order valence-corrected chi connectivity index (χ4v) is 17.0. The Balaban J connectivity index is 0.000000171. The van der Waals surface area contributed by atoms with Crippen molar-refractivity contribution in [1.82, 2.24) is 39.0 Å². The van der Waals surface area contributed by atoms with Gasteiger partial charge in [0.15, 0.2) is 23.5 Å². The summed E-state index contributed by atoms with van der Waals surface area (Å²) in [5.41, 5.74) is 4.77. The number of nitrogens with zero attached hydrogens (tertiary/aromatic N) is 11. The van der Waals surface area contributed by atoms with Gasteiger partial charge in [0, 0.05) is 119 Å². The third kappa shape index (κ3) is 23.9. The van der Waals surface area contributed by atoms with E-state index in [2.05, 4.69) is 83.3 Å². The molecule has 11 heterocycles. The van der Waals surface area contributed by atoms with Gasteiger partial charge in [-0.05, 0) is 129 Å². The molecule has 28 nitrogen and oxygen atoms in total. The van der Waals surface area contributed by atoms with E-state index in [1.54, 1.807) is 75.9 Å². The highest BCUT2D eigenvalue weighted by atomic mass is 79.9. The number of aromatic nitrogens is 8. The van der Waals surface area contributed by atoms with E-state index in [0.717, 1.165) is 12.1 Å². The summed E-state index contributed by atoms with van der Waals surface area (Å²) in [6.45, 7) is 23.8. The largest absolute Gasteiger partial charge is 0.497 e. The van der Waals surface area contributed by atoms with Gasteiger partial charge in [0.25, 0.3) is 0 Å². The molecule has 0 saturated carbocycles. The van der Waals surface area contributed by atoms with E-state index in [-0.39, 0.29) is 74.2 Å². The Hall–Kier alpha value is -6.51. The zero-order valence-electron chi connectivity index (χ0n) is 69.2. The molecular formula is C78H99BBrCl3F3N11O17S3Si2. The quantitative estimate of drug-likeness (QED) is 0.0341. The van der Waals surface area contributed by atoms with E-state index in [1.807, 2.05) is 27.7 Å². The first kappa shape index (κ1) is 93.2. The number of pyridine rings is 4. The van der Waals surface area contributed by atoms with Crippen LogP contribution < -0.4 is 24.4 Å². The van der Waals surface area contributed by atoms with E-state index < -0.39 is 124 Å². The van der Waals surface area contributed by atoms with Crippen LogP contribution in [-0.4, -0.2) is 237 Å². The van der Waals surface area contributed by atoms with Crippen LogP contribution in [0.1, 0.15) is 27.7 Å². The number of ether oxygens (including phenoxy) is 10. The molecule has 5 saturated heterocycles. The number of aliphatic hydroxyl groups excluding tert-OH is 2. The van der Waals surface area contributed by atoms with Gasteiger partial charge in [0.05, 0.1) is 112 Å². The van der Waals surface area contributed by atoms with E-state index in [0.29, 0.717) is 107 Å². The highest BCUT2D eigenvalue weighted by Gasteiger charge is 2.53. The van der Waals surface area contributed by atoms with E-state index in [9.17, 15) is 31.6 Å². The lowest BCUT2D eigenvalue weighted by Gasteiger charge is -2.32. The van der Waals surface area contributed by atoms with Crippen LogP contribution in [0.15, 0.2) is 109 Å². The maximum absolute atomic E-state index is 15.2. The molecule has 8 atom stereocenters. The fourth-order valence-electron chi connectivity index (χ4n) is 12.7. The molecular weight excluding hydrogens is 1770 g/mol. The molecule has 41 heteroatoms. The summed E-state index contributed by atoms with van der Waals surface area (Å²) in [6.07, 6.45) is 4.99. The lowest BCUT2D eigenvalue weighted by atomic mass is 9.78. The minimum Gasteiger partial charge on any atom is -0.480 e. The monoisotopic (exact) mass is 1870 g/mol. The van der Waals surface area contributed by atoms with Crippen molar-refractivity contribution in [3.8, 4) is 57.6 Å². The number of aliphatic hydroxyl groups is 2. The smallest absolute Gasteiger partial charge is 0.480 e. The normalized spacial score (nSPS) is 20.7. The van der Waals surface area contributed by atoms with E-state index >= 15 is 4.39 Å². The number of fused-ring (bicyclic) bond motifs is 4. The molecule has 119 heavy (non-hydrogen) atoms. The number of methoxy groups -OCH3 is 2. The number of hydrogen-bond acceptors (Lipinski definition) is 26. The molecule has 3 aromatic carbocycles. The topological polar surface area (TPSA) is 327 Å². The summed E-state index contributed by atoms with van der Waals surface area (Å²) in [5.74, 6) is -0.953. The first-order valence-electron chi connectivity index (χ1n) is 37.8. The number of hydrogen-bond donors (Lipinski definition) is 2. The molecule has 0 bridgehead atoms. The molecule has 0 spiro atoms. The molecule has 5 aliphatic heterocycles. The van der Waals surface area contributed by atoms with Crippen molar-refractivity contribution in [2.24, 2.45) is 13.1 Å². The highest BCUT2D eigenvalue weighted by molar-refractivity contribution is 9.10. The summed E-state index contributed by atoms with van der Waals surface area (Å²) in [5, 5.41) is 21.3. The van der Waals surface area contributed by atoms with Crippen LogP contribution in [0, 0.1) is 17.5 Å². The van der Waals surface area contributed by atoms with Crippen LogP contribution in [-0.2, 0) is 80.4 Å². The van der Waals surface area contributed by atoms with Crippen molar-refractivity contribution in [2.75, 3.05) is 91.4 Å². The molecule has 646 valence electrons. The highest BCUT2D eigenvalue weighted by Crippen LogP contribution is 2.42. The van der Waals surface area contributed by atoms with Crippen LogP contribution >= 0.6 is 50.7 Å². The minimum atomic E-state index is -2.45. The predicted molar refractivity (Wildman–Crippen MR) is 466 cm³/mol. The van der Waals surface area contributed by atoms with Gasteiger partial charge in [-0.1, -0.05) is 80.2 Å². The average Bonchev–Trinajstić information content (AvgIpc) is 1.65. The summed E-state index contributed by atoms with van der Waals surface area (Å²) in [4.78, 5) is 27.9. The summed E-state index contributed by atoms with van der Waals surface area (Å²) < 4.78 is 164. The molecule has 0 amide bonds. The van der Waals surface area contributed by atoms with Crippen LogP contribution in [0.3, 0.4) is 0 Å². The molecule has 9 aromatic rings. The molecule has 0 unspecified atom stereocenters. The molecule has 5 fully saturated rings. The fraction of sp³-hybridized carbons (Fsp3) is 0.487. The second kappa shape index (κ2) is 37.9. The van der Waals surface area contributed by atoms with Gasteiger partial charge in [-0.3, -0.25) is 9.13 Å². The molecule has 5 aliphatic rings. The van der Waals surface area contributed by atoms with Crippen LogP contribution in [0.4, 0.5) is 30.2 Å². The third-order valence-electron chi connectivity index (χ3n) is 19.4. The molecule has 0 aliphatic carbocycles. The number of halogens is 7. The van der Waals surface area contributed by atoms with Gasteiger partial charge in [-0.25, -0.2) is 45.7 Å². The molecule has 6 aromatic heterocycles. The van der Waals surface area contributed by atoms with E-state index in [4.69, 9.17) is 106 Å². The van der Waals surface area contributed by atoms with Crippen LogP contribution in [0.25, 0.3) is 56.1 Å². The SMILES string of the molecule is CC1(C)OB(c2ccc(N=S(C)(C)=O)cc2F)OC1(C)C.COc1nc(-c2ccc(N=S(C)(C)=O)cc2F)ccc1-c1nc2c(cc1Cl)nc(O[C@@H]1CO[C@H]3[C@@H]1OC[C@H]3O)n2COCC[Si](C)(C)C.COc1nc(Cl)ccc1-c1nc2c(cc1Cl)nc(O[C@@H]1CO[C@H]3[C@@H]1OC[C@H]3O)n2COCC[Si](C)(C)C.CS(C)(=O)=Nc1ccc(Br)c(F)c1. The summed E-state index contributed by atoms with van der Waals surface area (Å²) in [6, 6.07) is 25.9. The van der Waals surface area contributed by atoms with Crippen molar-refractivity contribution in [3.05, 3.63) is 128 Å². The number of benzene rings is 3. The standard InChI is InChI=1S/C32H39ClFN5O7SSi.C24H30Cl2N4O6Si.C14H21BFNO3S.C8H9BrFNOS/c1-42-31-20(9-10-23(35-31)19-8-7-18(13-22(19)34)38-47(2,3)41)27-21(33)14-24-30(37-27)39(17-43-11-12-48(4,5)6)32(36-24)46-26-16-45-28-25(40)15-44-29(26)28;1-32-23-13(5-6-18(26)28-23)19-14(25)9-15-22(29-19)30(12-33-7-8-37(2,3)4)24(27-15)36-17-11-35-20-16(31)10-34-21(17)20;1-13(2)14(3,4)20-15(19-13)11-8-7-10(9-12(11)16)17-21(5,6)18;1-13(2,12)11-6-3-4-7(9)8(10)5-6/h7-10,13-14,25-26,28-29,40H,11-12,15-17H2,1-6H3;5-6,9,16-17,20-21,31H,7-8,10-12H2,1-4H3;7-9H,1-6H3;3-5H,1-2H3/t25-,26-,28-,29-;16-,17-,20-,21-;;/m11../s1.